The van der Waals surface area contributed by atoms with Crippen LogP contribution < -0.4 is 9.80 Å². The molecule has 8 heteroatoms. The zero-order chi connectivity index (χ0) is 24.6. The molecule has 35 heavy (non-hydrogen) atoms. The molecule has 4 aromatic rings. The first-order chi connectivity index (χ1) is 16.7. The van der Waals surface area contributed by atoms with Gasteiger partial charge in [-0.1, -0.05) is 17.7 Å². The van der Waals surface area contributed by atoms with Crippen molar-refractivity contribution >= 4 is 40.1 Å². The zero-order valence-electron chi connectivity index (χ0n) is 20.1. The van der Waals surface area contributed by atoms with Crippen molar-refractivity contribution in [3.63, 3.8) is 0 Å². The Bertz CT molecular complexity index is 1350. The number of carbonyl (C=O) groups excluding carboxylic acids is 1. The molecule has 0 bridgehead atoms. The number of esters is 1. The molecular formula is C27H28ClN5O2. The first kappa shape index (κ1) is 23.2. The average Bonchev–Trinajstić information content (AvgIpc) is 3.26. The first-order valence-corrected chi connectivity index (χ1v) is 12.1. The average molecular weight is 490 g/mol. The summed E-state index contributed by atoms with van der Waals surface area (Å²) < 4.78 is 5.52. The van der Waals surface area contributed by atoms with Crippen molar-refractivity contribution in [2.24, 2.45) is 0 Å². The third kappa shape index (κ3) is 5.25. The van der Waals surface area contributed by atoms with E-state index >= 15 is 0 Å². The van der Waals surface area contributed by atoms with Gasteiger partial charge in [-0.3, -0.25) is 0 Å². The predicted octanol–water partition coefficient (Wildman–Crippen LogP) is 5.56. The van der Waals surface area contributed by atoms with Crippen LogP contribution in [-0.4, -0.2) is 52.7 Å². The van der Waals surface area contributed by atoms with Crippen LogP contribution in [0.5, 0.6) is 0 Å². The summed E-state index contributed by atoms with van der Waals surface area (Å²) in [6.45, 7) is 8.99. The molecule has 1 saturated heterocycles. The highest BCUT2D eigenvalue weighted by molar-refractivity contribution is 6.31. The van der Waals surface area contributed by atoms with Crippen LogP contribution in [0, 0.1) is 0 Å². The van der Waals surface area contributed by atoms with E-state index in [1.807, 2.05) is 75.5 Å². The van der Waals surface area contributed by atoms with Crippen LogP contribution in [0.15, 0.2) is 60.8 Å². The third-order valence-electron chi connectivity index (χ3n) is 5.91. The zero-order valence-corrected chi connectivity index (χ0v) is 20.8. The number of nitrogens with one attached hydrogen (secondary N) is 1. The molecule has 7 nitrogen and oxygen atoms in total. The van der Waals surface area contributed by atoms with Gasteiger partial charge in [0.15, 0.2) is 0 Å². The van der Waals surface area contributed by atoms with Crippen LogP contribution in [0.3, 0.4) is 0 Å². The normalized spacial score (nSPS) is 14.4. The number of anilines is 2. The van der Waals surface area contributed by atoms with Crippen LogP contribution in [0.4, 0.5) is 11.5 Å². The monoisotopic (exact) mass is 489 g/mol. The summed E-state index contributed by atoms with van der Waals surface area (Å²) in [7, 11) is 0. The smallest absolute Gasteiger partial charge is 0.338 e. The molecule has 2 aromatic carbocycles. The first-order valence-electron chi connectivity index (χ1n) is 11.7. The van der Waals surface area contributed by atoms with Gasteiger partial charge in [-0.25, -0.2) is 14.8 Å². The Kier molecular flexibility index (Phi) is 6.11. The van der Waals surface area contributed by atoms with E-state index in [4.69, 9.17) is 21.3 Å². The molecule has 0 saturated carbocycles. The van der Waals surface area contributed by atoms with Crippen LogP contribution in [-0.2, 0) is 4.74 Å². The SMILES string of the molecule is CC(C)(C)OC(=O)c1cccc(N2CCN(c3ccc(-c4nc5ccc(Cl)cc5[nH]4)cn3)CC2)c1. The minimum atomic E-state index is -0.514. The molecule has 2 aromatic heterocycles. The number of piperazine rings is 1. The molecule has 0 atom stereocenters. The van der Waals surface area contributed by atoms with Crippen molar-refractivity contribution in [1.29, 1.82) is 0 Å². The maximum atomic E-state index is 12.5. The number of fused-ring (bicyclic) bond motifs is 1. The van der Waals surface area contributed by atoms with Gasteiger partial charge in [0.2, 0.25) is 0 Å². The molecule has 5 rings (SSSR count). The maximum absolute atomic E-state index is 12.5. The van der Waals surface area contributed by atoms with E-state index in [0.29, 0.717) is 10.6 Å². The van der Waals surface area contributed by atoms with Crippen molar-refractivity contribution in [2.45, 2.75) is 26.4 Å². The van der Waals surface area contributed by atoms with Gasteiger partial charge >= 0.3 is 5.97 Å². The van der Waals surface area contributed by atoms with Gasteiger partial charge in [-0.15, -0.1) is 0 Å². The number of halogens is 1. The van der Waals surface area contributed by atoms with E-state index in [-0.39, 0.29) is 5.97 Å². The van der Waals surface area contributed by atoms with Crippen LogP contribution in [0.2, 0.25) is 5.02 Å². The Morgan fingerprint density at radius 3 is 2.49 bits per heavy atom. The van der Waals surface area contributed by atoms with Gasteiger partial charge in [0.05, 0.1) is 16.6 Å². The highest BCUT2D eigenvalue weighted by atomic mass is 35.5. The van der Waals surface area contributed by atoms with Crippen molar-refractivity contribution in [2.75, 3.05) is 36.0 Å². The van der Waals surface area contributed by atoms with E-state index in [0.717, 1.165) is 60.1 Å². The molecular weight excluding hydrogens is 462 g/mol. The summed E-state index contributed by atoms with van der Waals surface area (Å²) in [4.78, 5) is 29.7. The number of hydrogen-bond acceptors (Lipinski definition) is 6. The number of benzene rings is 2. The standard InChI is InChI=1S/C27H28ClN5O2/c1-27(2,3)35-26(34)18-5-4-6-21(15-18)32-11-13-33(14-12-32)24-10-7-19(17-29-24)25-30-22-9-8-20(28)16-23(22)31-25/h4-10,15-17H,11-14H2,1-3H3,(H,30,31). The number of pyridine rings is 1. The van der Waals surface area contributed by atoms with E-state index in [9.17, 15) is 4.79 Å². The summed E-state index contributed by atoms with van der Waals surface area (Å²) >= 11 is 6.08. The van der Waals surface area contributed by atoms with Gasteiger partial charge in [0, 0.05) is 48.6 Å². The highest BCUT2D eigenvalue weighted by Crippen LogP contribution is 2.25. The second-order valence-corrected chi connectivity index (χ2v) is 10.1. The van der Waals surface area contributed by atoms with Crippen molar-refractivity contribution in [3.8, 4) is 11.4 Å². The molecule has 1 aliphatic rings. The number of nitrogens with zero attached hydrogens (tertiary/aromatic N) is 4. The van der Waals surface area contributed by atoms with Crippen LogP contribution in [0.25, 0.3) is 22.4 Å². The fourth-order valence-electron chi connectivity index (χ4n) is 4.19. The summed E-state index contributed by atoms with van der Waals surface area (Å²) in [5.74, 6) is 1.42. The third-order valence-corrected chi connectivity index (χ3v) is 6.15. The lowest BCUT2D eigenvalue weighted by Gasteiger charge is -2.37. The van der Waals surface area contributed by atoms with Crippen LogP contribution in [0.1, 0.15) is 31.1 Å². The number of rotatable bonds is 4. The number of imidazole rings is 1. The number of H-pyrrole nitrogens is 1. The number of aromatic amines is 1. The van der Waals surface area contributed by atoms with E-state index in [1.165, 1.54) is 0 Å². The molecule has 0 spiro atoms. The Hall–Kier alpha value is -3.58. The van der Waals surface area contributed by atoms with Gasteiger partial charge in [-0.05, 0) is 69.3 Å². The molecule has 0 amide bonds. The Labute approximate surface area is 209 Å². The fraction of sp³-hybridized carbons (Fsp3) is 0.296. The lowest BCUT2D eigenvalue weighted by atomic mass is 10.1. The lowest BCUT2D eigenvalue weighted by Crippen LogP contribution is -2.46. The van der Waals surface area contributed by atoms with Crippen molar-refractivity contribution in [3.05, 3.63) is 71.4 Å². The van der Waals surface area contributed by atoms with Crippen LogP contribution >= 0.6 is 11.6 Å². The molecule has 180 valence electrons. The number of ether oxygens (including phenoxy) is 1. The van der Waals surface area contributed by atoms with Crippen molar-refractivity contribution < 1.29 is 9.53 Å². The second kappa shape index (κ2) is 9.23. The Balaban J connectivity index is 1.23. The van der Waals surface area contributed by atoms with Crippen molar-refractivity contribution in [1.82, 2.24) is 15.0 Å². The summed E-state index contributed by atoms with van der Waals surface area (Å²) in [5, 5.41) is 0.678. The summed E-state index contributed by atoms with van der Waals surface area (Å²) in [6, 6.07) is 17.4. The number of aromatic nitrogens is 3. The Morgan fingerprint density at radius 1 is 1.00 bits per heavy atom. The minimum Gasteiger partial charge on any atom is -0.456 e. The molecule has 0 radical (unpaired) electrons. The maximum Gasteiger partial charge on any atom is 0.338 e. The van der Waals surface area contributed by atoms with Gasteiger partial charge < -0.3 is 19.5 Å². The quantitative estimate of drug-likeness (QED) is 0.378. The van der Waals surface area contributed by atoms with E-state index < -0.39 is 5.60 Å². The largest absolute Gasteiger partial charge is 0.456 e. The Morgan fingerprint density at radius 2 is 1.77 bits per heavy atom. The lowest BCUT2D eigenvalue weighted by molar-refractivity contribution is 0.00695. The molecule has 0 aliphatic carbocycles. The van der Waals surface area contributed by atoms with Gasteiger partial charge in [-0.2, -0.15) is 0 Å². The highest BCUT2D eigenvalue weighted by Gasteiger charge is 2.21. The number of carbonyl (C=O) groups is 1. The van der Waals surface area contributed by atoms with Gasteiger partial charge in [0.25, 0.3) is 0 Å². The summed E-state index contributed by atoms with van der Waals surface area (Å²) in [5.41, 5.74) is 3.80. The summed E-state index contributed by atoms with van der Waals surface area (Å²) in [6.07, 6.45) is 1.85. The molecule has 3 heterocycles. The molecule has 1 fully saturated rings. The molecule has 1 N–H and O–H groups in total. The minimum absolute atomic E-state index is 0.296. The second-order valence-electron chi connectivity index (χ2n) is 9.68. The number of hydrogen-bond donors (Lipinski definition) is 1. The van der Waals surface area contributed by atoms with E-state index in [1.54, 1.807) is 6.07 Å². The van der Waals surface area contributed by atoms with E-state index in [2.05, 4.69) is 19.8 Å². The topological polar surface area (TPSA) is 74.3 Å². The molecule has 1 aliphatic heterocycles. The fourth-order valence-corrected chi connectivity index (χ4v) is 4.36. The molecule has 0 unspecified atom stereocenters. The van der Waals surface area contributed by atoms with Gasteiger partial charge in [0.1, 0.15) is 17.2 Å². The predicted molar refractivity (Wildman–Crippen MR) is 140 cm³/mol.